The van der Waals surface area contributed by atoms with Crippen LogP contribution in [-0.2, 0) is 0 Å². The maximum Gasteiger partial charge on any atom is 0.179 e. The van der Waals surface area contributed by atoms with Crippen LogP contribution in [0.5, 0.6) is 0 Å². The Labute approximate surface area is 617 Å². The Balaban J connectivity index is 0.000000128. The zero-order chi connectivity index (χ0) is 68.7. The number of halogens is 1. The number of rotatable bonds is 11. The highest BCUT2D eigenvalue weighted by atomic mass is 79.9. The molecule has 20 rings (SSSR count). The molecule has 0 bridgehead atoms. The van der Waals surface area contributed by atoms with E-state index in [9.17, 15) is 0 Å². The zero-order valence-corrected chi connectivity index (χ0v) is 61.5. The highest BCUT2D eigenvalue weighted by Gasteiger charge is 2.43. The summed E-state index contributed by atoms with van der Waals surface area (Å²) in [6.45, 7) is 0. The highest BCUT2D eigenvalue weighted by Crippen LogP contribution is 2.42. The molecule has 0 amide bonds. The van der Waals surface area contributed by atoms with Gasteiger partial charge in [0, 0.05) is 83.1 Å². The number of hydrogen-bond donors (Lipinski definition) is 1. The number of thiophene rings is 2. The van der Waals surface area contributed by atoms with E-state index in [0.717, 1.165) is 4.47 Å². The lowest BCUT2D eigenvalue weighted by Gasteiger charge is -2.34. The topological polar surface area (TPSA) is 20.7 Å². The molecule has 0 aliphatic carbocycles. The Morgan fingerprint density at radius 2 is 0.524 bits per heavy atom. The van der Waals surface area contributed by atoms with Gasteiger partial charge in [0.1, 0.15) is 0 Å². The molecular weight excluding hydrogens is 1380 g/mol. The average Bonchev–Trinajstić information content (AvgIpc) is 1.64. The summed E-state index contributed by atoms with van der Waals surface area (Å²) in [6, 6.07) is 147. The molecule has 20 aromatic rings. The van der Waals surface area contributed by atoms with E-state index in [1.807, 2.05) is 22.7 Å². The van der Waals surface area contributed by atoms with Crippen LogP contribution >= 0.6 is 38.6 Å². The first-order chi connectivity index (χ1) is 51.0. The summed E-state index contributed by atoms with van der Waals surface area (Å²) >= 11 is 7.45. The number of fused-ring (bicyclic) bond motifs is 12. The van der Waals surface area contributed by atoms with Gasteiger partial charge in [-0.15, -0.1) is 22.7 Å². The Kier molecular flexibility index (Phi) is 17.0. The van der Waals surface area contributed by atoms with Crippen LogP contribution in [0.25, 0.3) is 112 Å². The number of nitrogens with one attached hydrogen (secondary N) is 1. The number of aromatic nitrogens is 2. The van der Waals surface area contributed by atoms with Gasteiger partial charge in [0.25, 0.3) is 0 Å². The van der Waals surface area contributed by atoms with Crippen molar-refractivity contribution in [3.05, 3.63) is 405 Å². The Morgan fingerprint density at radius 3 is 0.913 bits per heavy atom. The molecule has 0 atom stereocenters. The lowest BCUT2D eigenvalue weighted by atomic mass is 10.0. The number of benzene rings is 16. The molecule has 0 spiro atoms. The third-order valence-corrected chi connectivity index (χ3v) is 33.3. The minimum absolute atomic E-state index is 1.10. The molecule has 0 saturated heterocycles. The van der Waals surface area contributed by atoms with Gasteiger partial charge in [-0.1, -0.05) is 356 Å². The summed E-state index contributed by atoms with van der Waals surface area (Å²) in [7, 11) is -5.27. The summed E-state index contributed by atoms with van der Waals surface area (Å²) in [4.78, 5) is 3.38. The quantitative estimate of drug-likeness (QED) is 0.0984. The number of nitrogens with zero attached hydrogens (tertiary/aromatic N) is 1. The third-order valence-electron chi connectivity index (χ3n) is 20.7. The SMILES string of the molecule is Brc1ccc([Si](c2ccccc2)(c2ccccc2)c2ccc(-c3cccc4c3sc3ccccc34)cc2)cc1.c1ccc([Si](c2ccccc2)(c2ccc(-c3cccc4c3sc3ccccc34)cc2)c2ccc(-n3c4ccccc4c4ccccc43)cc2)cc1.c1ccc2c(c1)[nH]c1ccccc12. The lowest BCUT2D eigenvalue weighted by molar-refractivity contribution is 1.18. The van der Waals surface area contributed by atoms with Crippen molar-refractivity contribution in [3.8, 4) is 27.9 Å². The summed E-state index contributed by atoms with van der Waals surface area (Å²) < 4.78 is 8.89. The van der Waals surface area contributed by atoms with Gasteiger partial charge in [-0.2, -0.15) is 0 Å². The van der Waals surface area contributed by atoms with Gasteiger partial charge in [0.15, 0.2) is 16.1 Å². The van der Waals surface area contributed by atoms with Crippen molar-refractivity contribution in [2.75, 3.05) is 0 Å². The van der Waals surface area contributed by atoms with Crippen molar-refractivity contribution in [1.82, 2.24) is 9.55 Å². The highest BCUT2D eigenvalue weighted by molar-refractivity contribution is 9.10. The maximum absolute atomic E-state index is 3.67. The van der Waals surface area contributed by atoms with Crippen LogP contribution in [0.1, 0.15) is 0 Å². The van der Waals surface area contributed by atoms with E-state index >= 15 is 0 Å². The van der Waals surface area contributed by atoms with Gasteiger partial charge in [0.2, 0.25) is 0 Å². The molecule has 0 saturated carbocycles. The number of aromatic amines is 1. The first-order valence-corrected chi connectivity index (χ1v) is 41.5. The van der Waals surface area contributed by atoms with Crippen molar-refractivity contribution < 1.29 is 0 Å². The second-order valence-corrected chi connectivity index (χ2v) is 37.0. The molecule has 2 nitrogen and oxygen atoms in total. The molecular formula is C96H67BrN2S2Si2. The van der Waals surface area contributed by atoms with Crippen LogP contribution in [0.15, 0.2) is 405 Å². The fraction of sp³-hybridized carbons (Fsp3) is 0. The van der Waals surface area contributed by atoms with Crippen molar-refractivity contribution in [2.24, 2.45) is 0 Å². The van der Waals surface area contributed by atoms with Crippen LogP contribution in [0.4, 0.5) is 0 Å². The van der Waals surface area contributed by atoms with E-state index < -0.39 is 16.1 Å². The second-order valence-electron chi connectivity index (χ2n) is 26.3. The van der Waals surface area contributed by atoms with E-state index in [4.69, 9.17) is 0 Å². The molecule has 0 aliphatic heterocycles. The third kappa shape index (κ3) is 11.3. The molecule has 4 aromatic heterocycles. The van der Waals surface area contributed by atoms with E-state index in [-0.39, 0.29) is 0 Å². The molecule has 103 heavy (non-hydrogen) atoms. The van der Waals surface area contributed by atoms with E-state index in [0.29, 0.717) is 0 Å². The van der Waals surface area contributed by atoms with Crippen LogP contribution in [0.2, 0.25) is 0 Å². The predicted molar refractivity (Wildman–Crippen MR) is 455 cm³/mol. The predicted octanol–water partition coefficient (Wildman–Crippen LogP) is 21.4. The molecule has 0 unspecified atom stereocenters. The smallest absolute Gasteiger partial charge is 0.179 e. The molecule has 488 valence electrons. The van der Waals surface area contributed by atoms with Gasteiger partial charge in [-0.3, -0.25) is 0 Å². The van der Waals surface area contributed by atoms with Crippen molar-refractivity contribution >= 4 is 180 Å². The maximum atomic E-state index is 3.67. The fourth-order valence-corrected chi connectivity index (χ4v) is 28.2. The van der Waals surface area contributed by atoms with Crippen LogP contribution in [0.3, 0.4) is 0 Å². The number of H-pyrrole nitrogens is 1. The summed E-state index contributed by atoms with van der Waals surface area (Å²) in [5.41, 5.74) is 11.2. The largest absolute Gasteiger partial charge is 0.355 e. The van der Waals surface area contributed by atoms with Gasteiger partial charge >= 0.3 is 0 Å². The van der Waals surface area contributed by atoms with Crippen molar-refractivity contribution in [1.29, 1.82) is 0 Å². The summed E-state index contributed by atoms with van der Waals surface area (Å²) in [5, 5.41) is 21.5. The van der Waals surface area contributed by atoms with Crippen LogP contribution in [0, 0.1) is 0 Å². The van der Waals surface area contributed by atoms with E-state index in [1.165, 1.54) is 153 Å². The molecule has 16 aromatic carbocycles. The minimum atomic E-state index is -2.73. The van der Waals surface area contributed by atoms with Gasteiger partial charge in [-0.05, 0) is 124 Å². The zero-order valence-electron chi connectivity index (χ0n) is 56.2. The molecule has 1 N–H and O–H groups in total. The first kappa shape index (κ1) is 63.6. The van der Waals surface area contributed by atoms with Gasteiger partial charge < -0.3 is 9.55 Å². The summed E-state index contributed by atoms with van der Waals surface area (Å²) in [5.74, 6) is 0. The molecule has 7 heteroatoms. The van der Waals surface area contributed by atoms with E-state index in [1.54, 1.807) is 0 Å². The Hall–Kier alpha value is -11.5. The van der Waals surface area contributed by atoms with Gasteiger partial charge in [0.05, 0.1) is 11.0 Å². The normalized spacial score (nSPS) is 11.7. The standard InChI is InChI=1S/C48H33NSSi.C36H25BrSSi.C12H9N/c1-3-14-36(15-4-1)51(37-16-5-2-6-17-37,38-30-26-34(27-31-38)40-21-13-22-44-43-20-9-12-25-47(43)50-48(40)44)39-32-28-35(29-33-39)49-45-23-10-7-18-41(45)42-19-8-11-24-46(42)49;37-27-20-24-31(25-21-27)39(28-10-3-1-4-11-28,29-12-5-2-6-13-29)30-22-18-26(19-23-30)32-15-9-16-34-33-14-7-8-17-35(33)38-36(32)34;1-3-7-11-9(5-1)10-6-2-4-8-12(10)13-11/h1-33H;1-25H;1-8,13H. The van der Waals surface area contributed by atoms with E-state index in [2.05, 4.69) is 426 Å². The average molecular weight is 1450 g/mol. The molecule has 0 radical (unpaired) electrons. The summed E-state index contributed by atoms with van der Waals surface area (Å²) in [6.07, 6.45) is 0. The second kappa shape index (κ2) is 27.4. The lowest BCUT2D eigenvalue weighted by Crippen LogP contribution is -2.74. The number of para-hydroxylation sites is 4. The van der Waals surface area contributed by atoms with Gasteiger partial charge in [-0.25, -0.2) is 0 Å². The minimum Gasteiger partial charge on any atom is -0.355 e. The molecule has 0 aliphatic rings. The molecule has 0 fully saturated rings. The Bertz CT molecular complexity index is 6230. The molecule has 4 heterocycles. The first-order valence-electron chi connectivity index (χ1n) is 35.1. The van der Waals surface area contributed by atoms with Crippen LogP contribution < -0.4 is 41.5 Å². The van der Waals surface area contributed by atoms with Crippen molar-refractivity contribution in [2.45, 2.75) is 0 Å². The fourth-order valence-electron chi connectivity index (χ4n) is 16.1. The monoisotopic (exact) mass is 1450 g/mol. The van der Waals surface area contributed by atoms with Crippen molar-refractivity contribution in [3.63, 3.8) is 0 Å². The Morgan fingerprint density at radius 1 is 0.233 bits per heavy atom. The number of hydrogen-bond acceptors (Lipinski definition) is 2. The van der Waals surface area contributed by atoms with Crippen LogP contribution in [-0.4, -0.2) is 25.7 Å².